The molecule has 0 spiro atoms. The van der Waals surface area contributed by atoms with E-state index in [0.717, 1.165) is 6.20 Å². The second kappa shape index (κ2) is 8.13. The summed E-state index contributed by atoms with van der Waals surface area (Å²) in [5.74, 6) is -1.27. The number of aromatic nitrogens is 1. The van der Waals surface area contributed by atoms with Crippen molar-refractivity contribution in [3.8, 4) is 17.4 Å². The summed E-state index contributed by atoms with van der Waals surface area (Å²) in [6.45, 7) is 1.69. The van der Waals surface area contributed by atoms with Gasteiger partial charge in [-0.05, 0) is 25.1 Å². The molecule has 0 fully saturated rings. The van der Waals surface area contributed by atoms with Gasteiger partial charge in [-0.1, -0.05) is 27.5 Å². The number of hydrogen-bond donors (Lipinski definition) is 0. The molecule has 0 aliphatic rings. The summed E-state index contributed by atoms with van der Waals surface area (Å²) in [6.07, 6.45) is 1.10. The van der Waals surface area contributed by atoms with Crippen molar-refractivity contribution < 1.29 is 23.9 Å². The van der Waals surface area contributed by atoms with E-state index in [1.807, 2.05) is 0 Å². The van der Waals surface area contributed by atoms with Crippen LogP contribution in [0.3, 0.4) is 0 Å². The van der Waals surface area contributed by atoms with Crippen molar-refractivity contribution >= 4 is 39.2 Å². The summed E-state index contributed by atoms with van der Waals surface area (Å²) in [7, 11) is 1.22. The highest BCUT2D eigenvalue weighted by Crippen LogP contribution is 2.41. The first kappa shape index (κ1) is 18.9. The second-order valence-electron chi connectivity index (χ2n) is 4.54. The van der Waals surface area contributed by atoms with Crippen LogP contribution in [0.25, 0.3) is 0 Å². The van der Waals surface area contributed by atoms with Crippen LogP contribution in [-0.4, -0.2) is 29.6 Å². The number of rotatable bonds is 6. The van der Waals surface area contributed by atoms with Gasteiger partial charge in [0.05, 0.1) is 18.6 Å². The van der Waals surface area contributed by atoms with Crippen LogP contribution in [0.5, 0.6) is 17.4 Å². The van der Waals surface area contributed by atoms with Gasteiger partial charge in [-0.2, -0.15) is 0 Å². The van der Waals surface area contributed by atoms with E-state index in [9.17, 15) is 14.9 Å². The smallest absolute Gasteiger partial charge is 0.373 e. The van der Waals surface area contributed by atoms with Crippen molar-refractivity contribution in [2.24, 2.45) is 0 Å². The van der Waals surface area contributed by atoms with Crippen LogP contribution in [-0.2, 0) is 4.74 Å². The van der Waals surface area contributed by atoms with Gasteiger partial charge in [0.1, 0.15) is 11.3 Å². The van der Waals surface area contributed by atoms with Gasteiger partial charge in [0.15, 0.2) is 0 Å². The van der Waals surface area contributed by atoms with Gasteiger partial charge in [0.2, 0.25) is 5.75 Å². The largest absolute Gasteiger partial charge is 0.476 e. The maximum atomic E-state index is 12.1. The predicted molar refractivity (Wildman–Crippen MR) is 92.6 cm³/mol. The zero-order chi connectivity index (χ0) is 18.6. The third-order valence-electron chi connectivity index (χ3n) is 2.90. The normalized spacial score (nSPS) is 10.2. The van der Waals surface area contributed by atoms with Crippen LogP contribution >= 0.6 is 27.5 Å². The fourth-order valence-electron chi connectivity index (χ4n) is 1.94. The Bertz CT molecular complexity index is 810. The van der Waals surface area contributed by atoms with E-state index in [4.69, 9.17) is 25.8 Å². The number of methoxy groups -OCH3 is 1. The number of benzene rings is 1. The molecule has 1 aromatic heterocycles. The molecule has 0 unspecified atom stereocenters. The maximum Gasteiger partial charge on any atom is 0.373 e. The second-order valence-corrected chi connectivity index (χ2v) is 5.90. The fraction of sp³-hybridized carbons (Fsp3) is 0.200. The molecule has 8 nitrogen and oxygen atoms in total. The van der Waals surface area contributed by atoms with Gasteiger partial charge < -0.3 is 14.2 Å². The molecule has 25 heavy (non-hydrogen) atoms. The van der Waals surface area contributed by atoms with E-state index < -0.39 is 16.6 Å². The predicted octanol–water partition coefficient (Wildman–Crippen LogP) is 4.38. The quantitative estimate of drug-likeness (QED) is 0.380. The average molecular weight is 432 g/mol. The average Bonchev–Trinajstić information content (AvgIpc) is 2.53. The summed E-state index contributed by atoms with van der Waals surface area (Å²) in [5.41, 5.74) is -0.797. The highest BCUT2D eigenvalue weighted by atomic mass is 79.9. The van der Waals surface area contributed by atoms with Gasteiger partial charge in [0, 0.05) is 15.7 Å². The van der Waals surface area contributed by atoms with Crippen LogP contribution in [0.15, 0.2) is 28.9 Å². The van der Waals surface area contributed by atoms with Gasteiger partial charge in [-0.25, -0.2) is 9.78 Å². The van der Waals surface area contributed by atoms with Crippen LogP contribution in [0.2, 0.25) is 5.02 Å². The highest BCUT2D eigenvalue weighted by Gasteiger charge is 2.31. The lowest BCUT2D eigenvalue weighted by Crippen LogP contribution is -2.10. The number of esters is 1. The Morgan fingerprint density at radius 2 is 2.12 bits per heavy atom. The molecule has 0 atom stereocenters. The molecule has 2 rings (SSSR count). The van der Waals surface area contributed by atoms with Crippen molar-refractivity contribution in [1.29, 1.82) is 0 Å². The van der Waals surface area contributed by atoms with E-state index in [1.165, 1.54) is 19.2 Å². The van der Waals surface area contributed by atoms with Crippen molar-refractivity contribution in [3.05, 3.63) is 49.6 Å². The van der Waals surface area contributed by atoms with Gasteiger partial charge in [-0.15, -0.1) is 0 Å². The molecular formula is C15H12BrClN2O6. The van der Waals surface area contributed by atoms with Crippen LogP contribution in [0, 0.1) is 10.1 Å². The topological polar surface area (TPSA) is 101 Å². The zero-order valence-electron chi connectivity index (χ0n) is 13.1. The Kier molecular flexibility index (Phi) is 6.16. The van der Waals surface area contributed by atoms with Crippen molar-refractivity contribution in [1.82, 2.24) is 4.98 Å². The third-order valence-corrected chi connectivity index (χ3v) is 3.58. The molecule has 0 aliphatic carbocycles. The van der Waals surface area contributed by atoms with Crippen LogP contribution < -0.4 is 9.47 Å². The van der Waals surface area contributed by atoms with E-state index in [2.05, 4.69) is 20.9 Å². The molecule has 1 aromatic carbocycles. The molecule has 0 radical (unpaired) electrons. The molecule has 0 amide bonds. The SMILES string of the molecule is CCOC(=O)c1cnc(OC)c([N+](=O)[O-])c1Oc1cc(Cl)cc(Br)c1. The Morgan fingerprint density at radius 3 is 2.68 bits per heavy atom. The summed E-state index contributed by atoms with van der Waals surface area (Å²) in [5, 5.41) is 11.8. The molecular weight excluding hydrogens is 420 g/mol. The first-order chi connectivity index (χ1) is 11.9. The van der Waals surface area contributed by atoms with E-state index in [1.54, 1.807) is 13.0 Å². The van der Waals surface area contributed by atoms with Crippen molar-refractivity contribution in [3.63, 3.8) is 0 Å². The number of carbonyl (C=O) groups excluding carboxylic acids is 1. The van der Waals surface area contributed by atoms with Gasteiger partial charge in [0.25, 0.3) is 5.88 Å². The third kappa shape index (κ3) is 4.37. The Morgan fingerprint density at radius 1 is 1.40 bits per heavy atom. The van der Waals surface area contributed by atoms with Gasteiger partial charge in [-0.3, -0.25) is 10.1 Å². The monoisotopic (exact) mass is 430 g/mol. The number of halogens is 2. The summed E-state index contributed by atoms with van der Waals surface area (Å²) >= 11 is 9.20. The molecule has 0 bridgehead atoms. The number of nitrogens with zero attached hydrogens (tertiary/aromatic N) is 2. The summed E-state index contributed by atoms with van der Waals surface area (Å²) < 4.78 is 16.0. The lowest BCUT2D eigenvalue weighted by molar-refractivity contribution is -0.386. The fourth-order valence-corrected chi connectivity index (χ4v) is 2.77. The van der Waals surface area contributed by atoms with Crippen molar-refractivity contribution in [2.75, 3.05) is 13.7 Å². The zero-order valence-corrected chi connectivity index (χ0v) is 15.5. The number of nitro groups is 1. The molecule has 0 saturated carbocycles. The first-order valence-corrected chi connectivity index (χ1v) is 8.06. The van der Waals surface area contributed by atoms with E-state index >= 15 is 0 Å². The van der Waals surface area contributed by atoms with E-state index in [-0.39, 0.29) is 29.5 Å². The summed E-state index contributed by atoms with van der Waals surface area (Å²) in [6, 6.07) is 4.59. The van der Waals surface area contributed by atoms with Gasteiger partial charge >= 0.3 is 11.7 Å². The Labute approximate surface area is 155 Å². The number of carbonyl (C=O) groups is 1. The minimum atomic E-state index is -0.808. The maximum absolute atomic E-state index is 12.1. The molecule has 0 N–H and O–H groups in total. The minimum absolute atomic E-state index is 0.0841. The van der Waals surface area contributed by atoms with Crippen LogP contribution in [0.4, 0.5) is 5.69 Å². The molecule has 2 aromatic rings. The lowest BCUT2D eigenvalue weighted by Gasteiger charge is -2.12. The molecule has 0 aliphatic heterocycles. The first-order valence-electron chi connectivity index (χ1n) is 6.89. The van der Waals surface area contributed by atoms with E-state index in [0.29, 0.717) is 9.50 Å². The Hall–Kier alpha value is -2.39. The highest BCUT2D eigenvalue weighted by molar-refractivity contribution is 9.10. The number of ether oxygens (including phenoxy) is 3. The number of pyridine rings is 1. The van der Waals surface area contributed by atoms with Crippen LogP contribution in [0.1, 0.15) is 17.3 Å². The van der Waals surface area contributed by atoms with Crippen molar-refractivity contribution in [2.45, 2.75) is 6.92 Å². The molecule has 132 valence electrons. The molecule has 1 heterocycles. The lowest BCUT2D eigenvalue weighted by atomic mass is 10.2. The number of hydrogen-bond acceptors (Lipinski definition) is 7. The molecule has 0 saturated heterocycles. The standard InChI is InChI=1S/C15H12BrClN2O6/c1-3-24-15(20)11-7-18-14(23-2)12(19(21)22)13(11)25-10-5-8(16)4-9(17)6-10/h4-7H,3H2,1-2H3. The Balaban J connectivity index is 2.65. The molecule has 10 heteroatoms. The summed E-state index contributed by atoms with van der Waals surface area (Å²) in [4.78, 5) is 26.6. The minimum Gasteiger partial charge on any atom is -0.476 e.